The van der Waals surface area contributed by atoms with Gasteiger partial charge in [0.2, 0.25) is 11.8 Å². The summed E-state index contributed by atoms with van der Waals surface area (Å²) in [7, 11) is 0. The van der Waals surface area contributed by atoms with Gasteiger partial charge in [-0.1, -0.05) is 18.2 Å². The highest BCUT2D eigenvalue weighted by molar-refractivity contribution is 7.99. The molecule has 2 heterocycles. The molecule has 1 fully saturated rings. The first kappa shape index (κ1) is 15.1. The zero-order valence-electron chi connectivity index (χ0n) is 12.2. The number of oxazole rings is 1. The van der Waals surface area contributed by atoms with Crippen molar-refractivity contribution in [3.8, 4) is 11.5 Å². The Hall–Kier alpha value is -1.79. The Morgan fingerprint density at radius 1 is 1.36 bits per heavy atom. The van der Waals surface area contributed by atoms with Crippen molar-refractivity contribution in [3.05, 3.63) is 42.3 Å². The molecule has 0 atom stereocenters. The van der Waals surface area contributed by atoms with E-state index in [9.17, 15) is 4.79 Å². The lowest BCUT2D eigenvalue weighted by Crippen LogP contribution is -2.48. The maximum Gasteiger partial charge on any atom is 0.230 e. The van der Waals surface area contributed by atoms with Crippen LogP contribution in [0, 0.1) is 5.92 Å². The summed E-state index contributed by atoms with van der Waals surface area (Å²) in [5.74, 6) is 2.43. The smallest absolute Gasteiger partial charge is 0.230 e. The summed E-state index contributed by atoms with van der Waals surface area (Å²) >= 11 is 1.55. The van der Waals surface area contributed by atoms with Crippen LogP contribution in [-0.2, 0) is 10.5 Å². The van der Waals surface area contributed by atoms with Gasteiger partial charge in [-0.25, -0.2) is 4.98 Å². The lowest BCUT2D eigenvalue weighted by Gasteiger charge is -2.27. The molecular formula is C16H19N3O2S. The van der Waals surface area contributed by atoms with E-state index in [4.69, 9.17) is 4.42 Å². The van der Waals surface area contributed by atoms with Crippen molar-refractivity contribution < 1.29 is 9.21 Å². The molecule has 1 saturated heterocycles. The number of thioether (sulfide) groups is 1. The van der Waals surface area contributed by atoms with Crippen molar-refractivity contribution in [2.75, 3.05) is 25.4 Å². The number of nitrogens with zero attached hydrogens (tertiary/aromatic N) is 1. The van der Waals surface area contributed by atoms with Crippen LogP contribution in [0.25, 0.3) is 11.5 Å². The van der Waals surface area contributed by atoms with Crippen molar-refractivity contribution in [1.82, 2.24) is 15.6 Å². The molecule has 1 amide bonds. The molecule has 5 nitrogen and oxygen atoms in total. The number of carbonyl (C=O) groups excluding carboxylic acids is 1. The number of benzene rings is 1. The van der Waals surface area contributed by atoms with E-state index in [1.807, 2.05) is 30.3 Å². The highest BCUT2D eigenvalue weighted by Gasteiger charge is 2.17. The Bertz CT molecular complexity index is 611. The summed E-state index contributed by atoms with van der Waals surface area (Å²) < 4.78 is 5.48. The van der Waals surface area contributed by atoms with E-state index in [0.717, 1.165) is 30.9 Å². The van der Waals surface area contributed by atoms with Crippen LogP contribution in [0.1, 0.15) is 5.69 Å². The molecule has 0 radical (unpaired) electrons. The maximum atomic E-state index is 11.7. The highest BCUT2D eigenvalue weighted by atomic mass is 32.2. The van der Waals surface area contributed by atoms with Gasteiger partial charge in [-0.05, 0) is 12.1 Å². The molecule has 0 saturated carbocycles. The fourth-order valence-corrected chi connectivity index (χ4v) is 2.87. The first-order valence-corrected chi connectivity index (χ1v) is 8.52. The molecular weight excluding hydrogens is 298 g/mol. The number of rotatable bonds is 7. The lowest BCUT2D eigenvalue weighted by molar-refractivity contribution is -0.118. The minimum Gasteiger partial charge on any atom is -0.444 e. The van der Waals surface area contributed by atoms with Gasteiger partial charge >= 0.3 is 0 Å². The van der Waals surface area contributed by atoms with Crippen molar-refractivity contribution in [3.63, 3.8) is 0 Å². The van der Waals surface area contributed by atoms with Crippen LogP contribution in [0.3, 0.4) is 0 Å². The van der Waals surface area contributed by atoms with E-state index in [2.05, 4.69) is 15.6 Å². The summed E-state index contributed by atoms with van der Waals surface area (Å²) in [5, 5.41) is 6.15. The first-order valence-electron chi connectivity index (χ1n) is 7.36. The molecule has 1 aliphatic rings. The summed E-state index contributed by atoms with van der Waals surface area (Å²) in [4.78, 5) is 16.2. The third-order valence-corrected chi connectivity index (χ3v) is 4.48. The van der Waals surface area contributed by atoms with Crippen LogP contribution >= 0.6 is 11.8 Å². The Labute approximate surface area is 133 Å². The van der Waals surface area contributed by atoms with Crippen molar-refractivity contribution in [1.29, 1.82) is 0 Å². The molecule has 3 rings (SSSR count). The minimum absolute atomic E-state index is 0.0867. The fourth-order valence-electron chi connectivity index (χ4n) is 2.14. The number of aromatic nitrogens is 1. The van der Waals surface area contributed by atoms with E-state index in [-0.39, 0.29) is 5.91 Å². The van der Waals surface area contributed by atoms with Gasteiger partial charge in [0.25, 0.3) is 0 Å². The summed E-state index contributed by atoms with van der Waals surface area (Å²) in [6.07, 6.45) is 1.66. The molecule has 22 heavy (non-hydrogen) atoms. The van der Waals surface area contributed by atoms with E-state index < -0.39 is 0 Å². The molecule has 2 aromatic rings. The molecule has 0 bridgehead atoms. The quantitative estimate of drug-likeness (QED) is 0.816. The van der Waals surface area contributed by atoms with Gasteiger partial charge in [-0.2, -0.15) is 0 Å². The molecule has 0 spiro atoms. The Balaban J connectivity index is 1.40. The molecule has 0 unspecified atom stereocenters. The molecule has 6 heteroatoms. The normalized spacial score (nSPS) is 14.5. The molecule has 1 aromatic carbocycles. The molecule has 2 N–H and O–H groups in total. The number of hydrogen-bond donors (Lipinski definition) is 2. The van der Waals surface area contributed by atoms with Gasteiger partial charge in [-0.3, -0.25) is 4.79 Å². The molecule has 1 aromatic heterocycles. The number of amides is 1. The standard InChI is InChI=1S/C16H19N3O2S/c20-15(18-8-12-6-17-7-12)11-22-10-14-9-21-16(19-14)13-4-2-1-3-5-13/h1-5,9,12,17H,6-8,10-11H2,(H,18,20). The van der Waals surface area contributed by atoms with Crippen LogP contribution < -0.4 is 10.6 Å². The minimum atomic E-state index is 0.0867. The van der Waals surface area contributed by atoms with Crippen LogP contribution in [0.15, 0.2) is 41.0 Å². The molecule has 116 valence electrons. The SMILES string of the molecule is O=C(CSCc1coc(-c2ccccc2)n1)NCC1CNC1. The second-order valence-corrected chi connectivity index (χ2v) is 6.32. The summed E-state index contributed by atoms with van der Waals surface area (Å²) in [6.45, 7) is 2.79. The first-order chi connectivity index (χ1) is 10.8. The summed E-state index contributed by atoms with van der Waals surface area (Å²) in [6, 6.07) is 9.80. The number of nitrogens with one attached hydrogen (secondary N) is 2. The van der Waals surface area contributed by atoms with Crippen LogP contribution in [-0.4, -0.2) is 36.3 Å². The van der Waals surface area contributed by atoms with Crippen molar-refractivity contribution >= 4 is 17.7 Å². The topological polar surface area (TPSA) is 67.2 Å². The zero-order valence-corrected chi connectivity index (χ0v) is 13.1. The predicted molar refractivity (Wildman–Crippen MR) is 87.5 cm³/mol. The van der Waals surface area contributed by atoms with Gasteiger partial charge in [0.05, 0.1) is 11.4 Å². The Kier molecular flexibility index (Phi) is 5.13. The number of carbonyl (C=O) groups is 1. The zero-order chi connectivity index (χ0) is 15.2. The van der Waals surface area contributed by atoms with Crippen LogP contribution in [0.2, 0.25) is 0 Å². The Morgan fingerprint density at radius 3 is 2.91 bits per heavy atom. The molecule has 0 aliphatic carbocycles. The van der Waals surface area contributed by atoms with Gasteiger partial charge < -0.3 is 15.1 Å². The van der Waals surface area contributed by atoms with E-state index in [0.29, 0.717) is 23.3 Å². The van der Waals surface area contributed by atoms with Crippen LogP contribution in [0.5, 0.6) is 0 Å². The van der Waals surface area contributed by atoms with Crippen LogP contribution in [0.4, 0.5) is 0 Å². The third kappa shape index (κ3) is 4.11. The molecule has 1 aliphatic heterocycles. The van der Waals surface area contributed by atoms with Gasteiger partial charge in [0.15, 0.2) is 0 Å². The second kappa shape index (κ2) is 7.47. The highest BCUT2D eigenvalue weighted by Crippen LogP contribution is 2.20. The lowest BCUT2D eigenvalue weighted by atomic mass is 10.0. The average Bonchev–Trinajstić information content (AvgIpc) is 2.95. The second-order valence-electron chi connectivity index (χ2n) is 5.33. The van der Waals surface area contributed by atoms with E-state index in [1.54, 1.807) is 18.0 Å². The average molecular weight is 317 g/mol. The van der Waals surface area contributed by atoms with Gasteiger partial charge in [0.1, 0.15) is 6.26 Å². The summed E-state index contributed by atoms with van der Waals surface area (Å²) in [5.41, 5.74) is 1.82. The van der Waals surface area contributed by atoms with Gasteiger partial charge in [0, 0.05) is 36.9 Å². The fraction of sp³-hybridized carbons (Fsp3) is 0.375. The van der Waals surface area contributed by atoms with Crippen molar-refractivity contribution in [2.45, 2.75) is 5.75 Å². The van der Waals surface area contributed by atoms with Gasteiger partial charge in [-0.15, -0.1) is 11.8 Å². The number of hydrogen-bond acceptors (Lipinski definition) is 5. The van der Waals surface area contributed by atoms with E-state index in [1.165, 1.54) is 0 Å². The van der Waals surface area contributed by atoms with E-state index >= 15 is 0 Å². The monoisotopic (exact) mass is 317 g/mol. The predicted octanol–water partition coefficient (Wildman–Crippen LogP) is 1.91. The third-order valence-electron chi connectivity index (χ3n) is 3.51. The maximum absolute atomic E-state index is 11.7. The largest absolute Gasteiger partial charge is 0.444 e. The Morgan fingerprint density at radius 2 is 2.18 bits per heavy atom. The van der Waals surface area contributed by atoms with Crippen molar-refractivity contribution in [2.24, 2.45) is 5.92 Å².